The van der Waals surface area contributed by atoms with Crippen molar-refractivity contribution in [3.8, 4) is 57.1 Å². The second-order valence-corrected chi connectivity index (χ2v) is 40.0. The van der Waals surface area contributed by atoms with Gasteiger partial charge in [0.25, 0.3) is 23.6 Å². The predicted octanol–water partition coefficient (Wildman–Crippen LogP) is 15.7. The lowest BCUT2D eigenvalue weighted by Gasteiger charge is -2.45. The summed E-state index contributed by atoms with van der Waals surface area (Å²) in [6.07, 6.45) is 33.5. The first-order valence-electron chi connectivity index (χ1n) is 47.3. The molecule has 24 heteroatoms. The molecule has 4 unspecified atom stereocenters. The average molecular weight is 1760 g/mol. The molecule has 4 amide bonds. The fourth-order valence-corrected chi connectivity index (χ4v) is 24.8. The van der Waals surface area contributed by atoms with E-state index in [0.29, 0.717) is 29.4 Å². The third kappa shape index (κ3) is 14.9. The first-order valence-corrected chi connectivity index (χ1v) is 47.3. The van der Waals surface area contributed by atoms with Crippen LogP contribution in [0.2, 0.25) is 0 Å². The van der Waals surface area contributed by atoms with Gasteiger partial charge in [-0.25, -0.2) is 24.4 Å². The molecule has 0 saturated heterocycles. The maximum Gasteiger partial charge on any atom is 0.262 e. The van der Waals surface area contributed by atoms with Gasteiger partial charge in [-0.2, -0.15) is 0 Å². The van der Waals surface area contributed by atoms with Gasteiger partial charge in [-0.15, -0.1) is 5.92 Å². The number of aliphatic imine (C=N–C) groups is 4. The number of nitrogens with two attached hydrogens (primary N) is 4. The van der Waals surface area contributed by atoms with Gasteiger partial charge in [-0.05, 0) is 325 Å². The summed E-state index contributed by atoms with van der Waals surface area (Å²) >= 11 is 0. The number of carbonyl (C=O) groups is 4. The van der Waals surface area contributed by atoms with Crippen molar-refractivity contribution in [2.45, 2.75) is 294 Å². The van der Waals surface area contributed by atoms with Crippen LogP contribution in [-0.2, 0) is 92.4 Å². The topological polar surface area (TPSA) is 310 Å². The van der Waals surface area contributed by atoms with Crippen molar-refractivity contribution in [1.29, 1.82) is 0 Å². The van der Waals surface area contributed by atoms with E-state index >= 15 is 0 Å². The molecule has 20 rings (SSSR count). The van der Waals surface area contributed by atoms with Crippen molar-refractivity contribution in [2.75, 3.05) is 28.4 Å². The number of halogens is 1. The first-order chi connectivity index (χ1) is 62.4. The molecule has 5 fully saturated rings. The van der Waals surface area contributed by atoms with Gasteiger partial charge in [-0.3, -0.25) is 53.7 Å². The van der Waals surface area contributed by atoms with Crippen LogP contribution in [0.25, 0.3) is 33.4 Å². The summed E-state index contributed by atoms with van der Waals surface area (Å²) < 4.78 is 36.4. The molecule has 23 nitrogen and oxygen atoms in total. The number of hydrogen-bond acceptors (Lipinski definition) is 19. The van der Waals surface area contributed by atoms with Crippen molar-refractivity contribution in [2.24, 2.45) is 70.5 Å². The minimum atomic E-state index is -1.05. The standard InChI is InChI=1S/C28H36N4O2.C28H32N4O2.C25H29FN4O2.C25H31N3O2/c2*1-5-6-19-13-22(17-30-16-19)20-7-8-21-15-27(11-9-23(34-4)10-12-27)28(24(21)14-20)25(33)32(18(2)3)26(29)31-28;1-15(2)30-22(31)25(29-23(30)27)21-11-16(18-10-19(26)14-28-13-18)4-5-17(21)12-24(25)8-6-20(32-3)7-9-24;1-16(2)28-22(29)25(27-23(28)26)21-14-18(7-6-17-4-5-17)8-9-19(21)15-24(25)12-10-20(30-3)11-13-24/h7-8,13-14,16-18,23H,5-6,9-12,15H2,1-4H3,(H2,29,31);7-8,13-14,16-18,23H,9-12,15H2,1-4H3,(H2,29,31);4-5,10-11,13-15,20H,6-9,12H2,1-3H3,(H2,27,29);8-9,14,16-17,20H,4-5,10-13,15H2,1-3H3,(H2,26,27). The molecule has 13 aliphatic rings. The molecule has 4 atom stereocenters. The van der Waals surface area contributed by atoms with E-state index < -0.39 is 28.0 Å². The van der Waals surface area contributed by atoms with E-state index in [1.807, 2.05) is 99.1 Å². The van der Waals surface area contributed by atoms with Crippen LogP contribution in [0.3, 0.4) is 0 Å². The first kappa shape index (κ1) is 90.9. The van der Waals surface area contributed by atoms with Crippen LogP contribution >= 0.6 is 0 Å². The lowest BCUT2D eigenvalue weighted by atomic mass is 9.61. The number of methoxy groups -OCH3 is 4. The number of rotatable bonds is 13. The lowest BCUT2D eigenvalue weighted by Crippen LogP contribution is -2.53. The summed E-state index contributed by atoms with van der Waals surface area (Å²) in [6, 6.07) is 31.0. The number of pyridine rings is 3. The number of nitrogens with zero attached hydrogens (tertiary/aromatic N) is 11. The van der Waals surface area contributed by atoms with Crippen molar-refractivity contribution in [1.82, 2.24) is 34.6 Å². The minimum absolute atomic E-state index is 0.00971. The van der Waals surface area contributed by atoms with Crippen LogP contribution in [0, 0.1) is 57.1 Å². The Morgan fingerprint density at radius 3 is 1.01 bits per heavy atom. The van der Waals surface area contributed by atoms with Crippen LogP contribution in [0.5, 0.6) is 0 Å². The second-order valence-electron chi connectivity index (χ2n) is 40.0. The summed E-state index contributed by atoms with van der Waals surface area (Å²) in [5.74, 6) is 14.2. The molecule has 0 bridgehead atoms. The van der Waals surface area contributed by atoms with Crippen LogP contribution < -0.4 is 22.9 Å². The highest BCUT2D eigenvalue weighted by molar-refractivity contribution is 6.12. The highest BCUT2D eigenvalue weighted by atomic mass is 19.1. The number of ether oxygens (including phenoxy) is 4. The van der Waals surface area contributed by atoms with E-state index in [2.05, 4.69) is 112 Å². The summed E-state index contributed by atoms with van der Waals surface area (Å²) in [5, 5.41) is 0. The molecule has 3 aromatic heterocycles. The molecule has 130 heavy (non-hydrogen) atoms. The molecule has 5 saturated carbocycles. The zero-order valence-corrected chi connectivity index (χ0v) is 78.2. The summed E-state index contributed by atoms with van der Waals surface area (Å²) in [7, 11) is 7.09. The van der Waals surface area contributed by atoms with Crippen molar-refractivity contribution < 1.29 is 42.5 Å². The largest absolute Gasteiger partial charge is 0.381 e. The molecule has 682 valence electrons. The monoisotopic (exact) mass is 1760 g/mol. The number of fused-ring (bicyclic) bond motifs is 12. The summed E-state index contributed by atoms with van der Waals surface area (Å²) in [4.78, 5) is 96.3. The third-order valence-corrected chi connectivity index (χ3v) is 31.4. The molecule has 7 heterocycles. The van der Waals surface area contributed by atoms with E-state index in [-0.39, 0.29) is 99.8 Å². The number of amides is 4. The van der Waals surface area contributed by atoms with Gasteiger partial charge in [0.05, 0.1) is 30.6 Å². The number of aryl methyl sites for hydroxylation is 1. The number of aromatic nitrogens is 3. The lowest BCUT2D eigenvalue weighted by molar-refractivity contribution is -0.140. The van der Waals surface area contributed by atoms with Gasteiger partial charge in [0.1, 0.15) is 5.82 Å². The van der Waals surface area contributed by atoms with Crippen molar-refractivity contribution >= 4 is 47.5 Å². The Kier molecular flexibility index (Phi) is 24.7. The number of benzene rings is 4. The van der Waals surface area contributed by atoms with Gasteiger partial charge >= 0.3 is 0 Å². The second kappa shape index (κ2) is 35.3. The van der Waals surface area contributed by atoms with Gasteiger partial charge in [0.15, 0.2) is 46.0 Å². The van der Waals surface area contributed by atoms with E-state index in [0.717, 1.165) is 208 Å². The molecular weight excluding hydrogens is 1630 g/mol. The molecule has 4 aromatic carbocycles. The van der Waals surface area contributed by atoms with Crippen LogP contribution in [0.15, 0.2) is 148 Å². The molecule has 4 aliphatic heterocycles. The molecule has 7 aromatic rings. The Labute approximate surface area is 765 Å². The highest BCUT2D eigenvalue weighted by Crippen LogP contribution is 2.67. The summed E-state index contributed by atoms with van der Waals surface area (Å²) in [6.45, 7) is 19.9. The average Bonchev–Trinajstić information content (AvgIpc) is 1.54. The molecule has 8 spiro atoms. The Hall–Kier alpha value is -11.0. The maximum atomic E-state index is 14.2. The Balaban J connectivity index is 0.000000122. The Bertz CT molecular complexity index is 5860. The van der Waals surface area contributed by atoms with Gasteiger partial charge < -0.3 is 41.9 Å². The van der Waals surface area contributed by atoms with Crippen molar-refractivity contribution in [3.05, 3.63) is 195 Å². The smallest absolute Gasteiger partial charge is 0.262 e. The van der Waals surface area contributed by atoms with E-state index in [1.165, 1.54) is 47.4 Å². The van der Waals surface area contributed by atoms with Crippen LogP contribution in [0.4, 0.5) is 4.39 Å². The fourth-order valence-electron chi connectivity index (χ4n) is 24.8. The SMILES string of the molecule is CC#Cc1cncc(-c2ccc3c(c2)C2(N=C(N)N(C(C)C)C2=O)C2(CCC(OC)CC2)C3)c1.CCCc1cncc(-c2ccc3c(c2)C2(N=C(N)N(C(C)C)C2=O)C2(CCC(OC)CC2)C3)c1.COC1CCC2(CC1)Cc1ccc(-c3cncc(F)c3)cc1C21N=C(N)N(C(C)C)C1=O.COC1CCC2(CC1)Cc1ccc(C#CC3CC3)cc1C21N=C(N)N(C(C)C)C1=O. The summed E-state index contributed by atoms with van der Waals surface area (Å²) in [5.41, 5.74) is 38.0. The number of carbonyl (C=O) groups excluding carboxylic acids is 4. The quantitative estimate of drug-likeness (QED) is 0.0780. The van der Waals surface area contributed by atoms with E-state index in [4.69, 9.17) is 61.9 Å². The Morgan fingerprint density at radius 2 is 0.700 bits per heavy atom. The minimum Gasteiger partial charge on any atom is -0.381 e. The highest BCUT2D eigenvalue weighted by Gasteiger charge is 2.72. The molecule has 9 aliphatic carbocycles. The zero-order chi connectivity index (χ0) is 91.9. The van der Waals surface area contributed by atoms with Crippen LogP contribution in [-0.4, -0.2) is 159 Å². The maximum absolute atomic E-state index is 14.2. The van der Waals surface area contributed by atoms with Gasteiger partial charge in [-0.1, -0.05) is 73.6 Å². The molecule has 0 radical (unpaired) electrons. The number of guanidine groups is 4. The van der Waals surface area contributed by atoms with Gasteiger partial charge in [0, 0.05) is 139 Å². The number of hydrogen-bond donors (Lipinski definition) is 4. The molecule has 8 N–H and O–H groups in total. The fraction of sp³-hybridized carbons (Fsp3) is 0.519. The zero-order valence-electron chi connectivity index (χ0n) is 78.2. The van der Waals surface area contributed by atoms with Crippen LogP contribution in [0.1, 0.15) is 252 Å². The normalized spacial score (nSPS) is 29.4. The van der Waals surface area contributed by atoms with E-state index in [9.17, 15) is 23.6 Å². The van der Waals surface area contributed by atoms with Gasteiger partial charge in [0.2, 0.25) is 0 Å². The third-order valence-electron chi connectivity index (χ3n) is 31.4. The molecular formula is C106H128FN15O8. The van der Waals surface area contributed by atoms with Crippen molar-refractivity contribution in [3.63, 3.8) is 0 Å². The van der Waals surface area contributed by atoms with E-state index in [1.54, 1.807) is 60.4 Å². The predicted molar refractivity (Wildman–Crippen MR) is 504 cm³/mol. The Morgan fingerprint density at radius 1 is 0.385 bits per heavy atom.